The Balaban J connectivity index is 1.90. The highest BCUT2D eigenvalue weighted by Crippen LogP contribution is 2.16. The van der Waals surface area contributed by atoms with Gasteiger partial charge in [0, 0.05) is 11.1 Å². The molecule has 1 unspecified atom stereocenters. The van der Waals surface area contributed by atoms with Crippen LogP contribution in [0.5, 0.6) is 0 Å². The Morgan fingerprint density at radius 3 is 1.77 bits per heavy atom. The molecular weight excluding hydrogens is 386 g/mol. The first-order chi connectivity index (χ1) is 14.9. The van der Waals surface area contributed by atoms with E-state index in [9.17, 15) is 4.79 Å². The third kappa shape index (κ3) is 7.19. The summed E-state index contributed by atoms with van der Waals surface area (Å²) in [5.41, 5.74) is 3.04. The van der Waals surface area contributed by atoms with Gasteiger partial charge in [0.1, 0.15) is 5.60 Å². The minimum absolute atomic E-state index is 0.132. The van der Waals surface area contributed by atoms with Gasteiger partial charge in [-0.2, -0.15) is 0 Å². The highest BCUT2D eigenvalue weighted by molar-refractivity contribution is 6.13. The molecule has 0 heterocycles. The van der Waals surface area contributed by atoms with Crippen molar-refractivity contribution in [3.8, 4) is 0 Å². The molecule has 0 aliphatic heterocycles. The highest BCUT2D eigenvalue weighted by Gasteiger charge is 2.26. The number of benzene rings is 3. The van der Waals surface area contributed by atoms with E-state index in [1.54, 1.807) is 0 Å². The fraction of sp³-hybridized carbons (Fsp3) is 0.259. The lowest BCUT2D eigenvalue weighted by Gasteiger charge is -2.23. The van der Waals surface area contributed by atoms with Gasteiger partial charge in [0.05, 0.1) is 18.9 Å². The standard InChI is InChI=1S/C27H29NO3/c1-27(2,3)31-26(29)24(20-30-19-21-13-7-4-8-14-21)28-25(22-15-9-5-10-16-22)23-17-11-6-12-18-23/h4-18,24H,19-20H2,1-3H3. The Morgan fingerprint density at radius 2 is 1.29 bits per heavy atom. The Hall–Kier alpha value is -3.24. The van der Waals surface area contributed by atoms with Crippen LogP contribution in [0.1, 0.15) is 37.5 Å². The predicted molar refractivity (Wildman–Crippen MR) is 124 cm³/mol. The number of hydrogen-bond acceptors (Lipinski definition) is 4. The third-order valence-electron chi connectivity index (χ3n) is 4.45. The van der Waals surface area contributed by atoms with E-state index in [1.165, 1.54) is 0 Å². The van der Waals surface area contributed by atoms with Gasteiger partial charge >= 0.3 is 5.97 Å². The minimum Gasteiger partial charge on any atom is -0.458 e. The lowest BCUT2D eigenvalue weighted by atomic mass is 10.0. The van der Waals surface area contributed by atoms with Crippen molar-refractivity contribution < 1.29 is 14.3 Å². The van der Waals surface area contributed by atoms with Gasteiger partial charge in [0.2, 0.25) is 0 Å². The van der Waals surface area contributed by atoms with E-state index in [2.05, 4.69) is 0 Å². The second-order valence-corrected chi connectivity index (χ2v) is 8.26. The Bertz CT molecular complexity index is 936. The van der Waals surface area contributed by atoms with Gasteiger partial charge in [-0.1, -0.05) is 91.0 Å². The highest BCUT2D eigenvalue weighted by atomic mass is 16.6. The SMILES string of the molecule is CC(C)(C)OC(=O)C(COCc1ccccc1)N=C(c1ccccc1)c1ccccc1. The van der Waals surface area contributed by atoms with Crippen molar-refractivity contribution in [2.75, 3.05) is 6.61 Å². The van der Waals surface area contributed by atoms with E-state index in [0.29, 0.717) is 6.61 Å². The molecule has 0 radical (unpaired) electrons. The molecule has 3 aromatic carbocycles. The van der Waals surface area contributed by atoms with Gasteiger partial charge in [0.15, 0.2) is 6.04 Å². The van der Waals surface area contributed by atoms with Crippen molar-refractivity contribution >= 4 is 11.7 Å². The molecule has 0 fully saturated rings. The summed E-state index contributed by atoms with van der Waals surface area (Å²) in [6.45, 7) is 6.10. The molecule has 0 saturated heterocycles. The molecule has 3 rings (SSSR count). The van der Waals surface area contributed by atoms with E-state index in [1.807, 2.05) is 112 Å². The van der Waals surface area contributed by atoms with Crippen molar-refractivity contribution in [2.24, 2.45) is 4.99 Å². The summed E-state index contributed by atoms with van der Waals surface area (Å²) in [6.07, 6.45) is 0. The summed E-state index contributed by atoms with van der Waals surface area (Å²) >= 11 is 0. The molecule has 0 amide bonds. The summed E-state index contributed by atoms with van der Waals surface area (Å²) in [4.78, 5) is 17.8. The average molecular weight is 416 g/mol. The van der Waals surface area contributed by atoms with Crippen LogP contribution in [0.15, 0.2) is 96.0 Å². The lowest BCUT2D eigenvalue weighted by Crippen LogP contribution is -2.34. The van der Waals surface area contributed by atoms with E-state index in [-0.39, 0.29) is 6.61 Å². The zero-order valence-corrected chi connectivity index (χ0v) is 18.3. The van der Waals surface area contributed by atoms with Crippen molar-refractivity contribution in [2.45, 2.75) is 39.0 Å². The van der Waals surface area contributed by atoms with Crippen LogP contribution in [-0.2, 0) is 20.9 Å². The van der Waals surface area contributed by atoms with Crippen molar-refractivity contribution in [3.05, 3.63) is 108 Å². The van der Waals surface area contributed by atoms with Gasteiger partial charge in [0.25, 0.3) is 0 Å². The maximum Gasteiger partial charge on any atom is 0.333 e. The molecule has 0 bridgehead atoms. The normalized spacial score (nSPS) is 12.1. The van der Waals surface area contributed by atoms with E-state index < -0.39 is 17.6 Å². The first-order valence-corrected chi connectivity index (χ1v) is 10.5. The zero-order chi connectivity index (χ0) is 22.1. The van der Waals surface area contributed by atoms with Gasteiger partial charge in [-0.05, 0) is 26.3 Å². The first kappa shape index (κ1) is 22.4. The van der Waals surface area contributed by atoms with Crippen LogP contribution in [0.2, 0.25) is 0 Å². The van der Waals surface area contributed by atoms with Crippen molar-refractivity contribution in [1.82, 2.24) is 0 Å². The fourth-order valence-electron chi connectivity index (χ4n) is 3.05. The van der Waals surface area contributed by atoms with Crippen molar-refractivity contribution in [3.63, 3.8) is 0 Å². The maximum atomic E-state index is 13.0. The molecular formula is C27H29NO3. The molecule has 0 saturated carbocycles. The number of carbonyl (C=O) groups excluding carboxylic acids is 1. The van der Waals surface area contributed by atoms with Crippen LogP contribution in [0.3, 0.4) is 0 Å². The topological polar surface area (TPSA) is 47.9 Å². The second kappa shape index (κ2) is 10.7. The summed E-state index contributed by atoms with van der Waals surface area (Å²) in [5, 5.41) is 0. The van der Waals surface area contributed by atoms with Gasteiger partial charge in [-0.25, -0.2) is 4.79 Å². The number of ether oxygens (including phenoxy) is 2. The summed E-state index contributed by atoms with van der Waals surface area (Å²) in [7, 11) is 0. The van der Waals surface area contributed by atoms with Crippen LogP contribution in [0.4, 0.5) is 0 Å². The number of hydrogen-bond donors (Lipinski definition) is 0. The summed E-state index contributed by atoms with van der Waals surface area (Å²) in [6, 6.07) is 28.8. The van der Waals surface area contributed by atoms with E-state index >= 15 is 0 Å². The minimum atomic E-state index is -0.779. The van der Waals surface area contributed by atoms with Gasteiger partial charge in [-0.15, -0.1) is 0 Å². The Morgan fingerprint density at radius 1 is 0.806 bits per heavy atom. The van der Waals surface area contributed by atoms with Crippen LogP contribution in [0.25, 0.3) is 0 Å². The number of aliphatic imine (C=N–C) groups is 1. The lowest BCUT2D eigenvalue weighted by molar-refractivity contribution is -0.157. The molecule has 0 aliphatic carbocycles. The maximum absolute atomic E-state index is 13.0. The van der Waals surface area contributed by atoms with Crippen LogP contribution in [0, 0.1) is 0 Å². The molecule has 160 valence electrons. The molecule has 0 spiro atoms. The predicted octanol–water partition coefficient (Wildman–Crippen LogP) is 5.45. The monoisotopic (exact) mass is 415 g/mol. The smallest absolute Gasteiger partial charge is 0.333 e. The van der Waals surface area contributed by atoms with Crippen LogP contribution >= 0.6 is 0 Å². The Labute approximate surface area is 184 Å². The molecule has 0 N–H and O–H groups in total. The number of carbonyl (C=O) groups is 1. The van der Waals surface area contributed by atoms with Gasteiger partial charge < -0.3 is 9.47 Å². The van der Waals surface area contributed by atoms with E-state index in [0.717, 1.165) is 22.4 Å². The van der Waals surface area contributed by atoms with E-state index in [4.69, 9.17) is 14.5 Å². The fourth-order valence-corrected chi connectivity index (χ4v) is 3.05. The van der Waals surface area contributed by atoms with Crippen LogP contribution < -0.4 is 0 Å². The number of nitrogens with zero attached hydrogens (tertiary/aromatic N) is 1. The third-order valence-corrected chi connectivity index (χ3v) is 4.45. The zero-order valence-electron chi connectivity index (χ0n) is 18.3. The molecule has 0 aliphatic rings. The quantitative estimate of drug-likeness (QED) is 0.363. The molecule has 0 aromatic heterocycles. The van der Waals surface area contributed by atoms with Gasteiger partial charge in [-0.3, -0.25) is 4.99 Å². The number of esters is 1. The molecule has 4 nitrogen and oxygen atoms in total. The average Bonchev–Trinajstić information content (AvgIpc) is 2.77. The molecule has 31 heavy (non-hydrogen) atoms. The molecule has 1 atom stereocenters. The second-order valence-electron chi connectivity index (χ2n) is 8.26. The summed E-state index contributed by atoms with van der Waals surface area (Å²) < 4.78 is 11.5. The molecule has 3 aromatic rings. The van der Waals surface area contributed by atoms with Crippen LogP contribution in [-0.4, -0.2) is 29.9 Å². The largest absolute Gasteiger partial charge is 0.458 e. The first-order valence-electron chi connectivity index (χ1n) is 10.5. The summed E-state index contributed by atoms with van der Waals surface area (Å²) in [5.74, 6) is -0.398. The molecule has 4 heteroatoms. The number of rotatable bonds is 8. The van der Waals surface area contributed by atoms with Crippen molar-refractivity contribution in [1.29, 1.82) is 0 Å². The Kier molecular flexibility index (Phi) is 7.74.